The van der Waals surface area contributed by atoms with Gasteiger partial charge in [-0.05, 0) is 55.2 Å². The quantitative estimate of drug-likeness (QED) is 0.712. The number of nitrogens with zero attached hydrogens (tertiary/aromatic N) is 1. The summed E-state index contributed by atoms with van der Waals surface area (Å²) in [6, 6.07) is 15.4. The predicted molar refractivity (Wildman–Crippen MR) is 119 cm³/mol. The third kappa shape index (κ3) is 3.80. The number of hydrogen-bond acceptors (Lipinski definition) is 5. The van der Waals surface area contributed by atoms with Crippen molar-refractivity contribution in [3.8, 4) is 17.6 Å². The van der Waals surface area contributed by atoms with E-state index in [0.29, 0.717) is 40.5 Å². The number of hydrogen-bond donors (Lipinski definition) is 1. The highest BCUT2D eigenvalue weighted by Crippen LogP contribution is 2.47. The number of ketones is 1. The van der Waals surface area contributed by atoms with Crippen LogP contribution in [0.25, 0.3) is 0 Å². The largest absolute Gasteiger partial charge is 0.497 e. The summed E-state index contributed by atoms with van der Waals surface area (Å²) in [7, 11) is 3.18. The topological polar surface area (TPSA) is 71.3 Å². The van der Waals surface area contributed by atoms with Crippen LogP contribution in [0.4, 0.5) is 0 Å². The molecule has 2 aliphatic rings. The molecule has 2 aromatic carbocycles. The highest BCUT2D eigenvalue weighted by atomic mass is 35.5. The number of dihydropyridines is 1. The molecule has 0 radical (unpaired) electrons. The van der Waals surface area contributed by atoms with E-state index in [9.17, 15) is 10.1 Å². The van der Waals surface area contributed by atoms with E-state index in [0.717, 1.165) is 22.5 Å². The Kier molecular flexibility index (Phi) is 5.75. The van der Waals surface area contributed by atoms with Crippen LogP contribution in [0.15, 0.2) is 65.0 Å². The van der Waals surface area contributed by atoms with Crippen LogP contribution in [0.2, 0.25) is 5.02 Å². The summed E-state index contributed by atoms with van der Waals surface area (Å²) in [6.07, 6.45) is 1.06. The fourth-order valence-electron chi connectivity index (χ4n) is 4.53. The molecular weight excluding hydrogens is 412 g/mol. The Morgan fingerprint density at radius 2 is 1.84 bits per heavy atom. The number of allylic oxidation sites excluding steroid dienone is 4. The zero-order valence-electron chi connectivity index (χ0n) is 17.7. The Balaban J connectivity index is 1.83. The molecule has 6 heteroatoms. The third-order valence-electron chi connectivity index (χ3n) is 6.04. The lowest BCUT2D eigenvalue weighted by Gasteiger charge is -2.36. The van der Waals surface area contributed by atoms with E-state index in [2.05, 4.69) is 11.4 Å². The Bertz CT molecular complexity index is 1140. The molecule has 1 heterocycles. The van der Waals surface area contributed by atoms with Crippen LogP contribution in [0.5, 0.6) is 11.5 Å². The van der Waals surface area contributed by atoms with Gasteiger partial charge in [-0.1, -0.05) is 23.7 Å². The Labute approximate surface area is 186 Å². The van der Waals surface area contributed by atoms with E-state index >= 15 is 0 Å². The smallest absolute Gasteiger partial charge is 0.162 e. The molecule has 2 aromatic rings. The van der Waals surface area contributed by atoms with Gasteiger partial charge in [-0.3, -0.25) is 4.79 Å². The van der Waals surface area contributed by atoms with Gasteiger partial charge in [0.15, 0.2) is 5.78 Å². The van der Waals surface area contributed by atoms with E-state index in [-0.39, 0.29) is 11.7 Å². The maximum Gasteiger partial charge on any atom is 0.162 e. The molecule has 5 nitrogen and oxygen atoms in total. The minimum Gasteiger partial charge on any atom is -0.497 e. The van der Waals surface area contributed by atoms with Gasteiger partial charge in [-0.2, -0.15) is 5.26 Å². The molecule has 1 aliphatic heterocycles. The molecule has 0 fully saturated rings. The molecular formula is C25H23ClN2O3. The molecule has 0 saturated carbocycles. The van der Waals surface area contributed by atoms with Gasteiger partial charge in [0.2, 0.25) is 0 Å². The second-order valence-corrected chi connectivity index (χ2v) is 8.22. The van der Waals surface area contributed by atoms with E-state index in [1.54, 1.807) is 20.3 Å². The summed E-state index contributed by atoms with van der Waals surface area (Å²) in [6.45, 7) is 1.87. The molecule has 4 rings (SSSR count). The van der Waals surface area contributed by atoms with Crippen molar-refractivity contribution in [2.45, 2.75) is 31.6 Å². The van der Waals surface area contributed by atoms with Crippen molar-refractivity contribution >= 4 is 17.4 Å². The zero-order chi connectivity index (χ0) is 22.1. The average Bonchev–Trinajstić information content (AvgIpc) is 2.78. The Morgan fingerprint density at radius 3 is 2.48 bits per heavy atom. The van der Waals surface area contributed by atoms with Gasteiger partial charge in [0.05, 0.1) is 31.8 Å². The first-order valence-corrected chi connectivity index (χ1v) is 10.5. The normalized spacial score (nSPS) is 20.7. The fraction of sp³-hybridized carbons (Fsp3) is 0.280. The molecule has 1 aliphatic carbocycles. The van der Waals surface area contributed by atoms with Crippen molar-refractivity contribution in [3.05, 3.63) is 81.2 Å². The Morgan fingerprint density at radius 1 is 1.10 bits per heavy atom. The van der Waals surface area contributed by atoms with Crippen molar-refractivity contribution in [1.82, 2.24) is 5.32 Å². The van der Waals surface area contributed by atoms with Gasteiger partial charge in [0.1, 0.15) is 11.5 Å². The van der Waals surface area contributed by atoms with Crippen LogP contribution < -0.4 is 14.8 Å². The standard InChI is InChI=1S/C25H23ClN2O3/c1-14-20(13-27)24(19-12-18(30-2)8-9-23(19)31-3)25-21(28-14)10-16(11-22(25)29)15-4-6-17(26)7-5-15/h4-9,12,16,24,28H,10-11H2,1-3H3/t16-,24-/m1/s1. The van der Waals surface area contributed by atoms with Crippen LogP contribution in [0, 0.1) is 11.3 Å². The number of benzene rings is 2. The Hall–Kier alpha value is -3.23. The van der Waals surface area contributed by atoms with Crippen LogP contribution in [0.3, 0.4) is 0 Å². The first-order valence-electron chi connectivity index (χ1n) is 10.1. The number of rotatable bonds is 4. The predicted octanol–water partition coefficient (Wildman–Crippen LogP) is 5.24. The first kappa shape index (κ1) is 21.0. The van der Waals surface area contributed by atoms with Gasteiger partial charge in [0.25, 0.3) is 0 Å². The van der Waals surface area contributed by atoms with Gasteiger partial charge < -0.3 is 14.8 Å². The van der Waals surface area contributed by atoms with Crippen LogP contribution >= 0.6 is 11.6 Å². The van der Waals surface area contributed by atoms with Crippen molar-refractivity contribution in [2.24, 2.45) is 0 Å². The lowest BCUT2D eigenvalue weighted by atomic mass is 9.72. The second-order valence-electron chi connectivity index (χ2n) is 7.79. The van der Waals surface area contributed by atoms with E-state index in [1.165, 1.54) is 0 Å². The summed E-state index contributed by atoms with van der Waals surface area (Å²) in [5, 5.41) is 14.0. The number of halogens is 1. The minimum atomic E-state index is -0.495. The molecule has 0 aromatic heterocycles. The van der Waals surface area contributed by atoms with Gasteiger partial charge in [-0.15, -0.1) is 0 Å². The summed E-state index contributed by atoms with van der Waals surface area (Å²) in [4.78, 5) is 13.5. The van der Waals surface area contributed by atoms with Crippen LogP contribution in [-0.4, -0.2) is 20.0 Å². The number of Topliss-reactive ketones (excluding diaryl/α,β-unsaturated/α-hetero) is 1. The maximum absolute atomic E-state index is 13.5. The minimum absolute atomic E-state index is 0.0313. The van der Waals surface area contributed by atoms with Gasteiger partial charge >= 0.3 is 0 Å². The number of nitrogens with one attached hydrogen (secondary N) is 1. The van der Waals surface area contributed by atoms with Crippen LogP contribution in [0.1, 0.15) is 42.7 Å². The van der Waals surface area contributed by atoms with Crippen molar-refractivity contribution in [1.29, 1.82) is 5.26 Å². The highest BCUT2D eigenvalue weighted by Gasteiger charge is 2.40. The lowest BCUT2D eigenvalue weighted by Crippen LogP contribution is -2.33. The number of nitriles is 1. The molecule has 2 atom stereocenters. The van der Waals surface area contributed by atoms with E-state index in [1.807, 2.05) is 43.3 Å². The van der Waals surface area contributed by atoms with Crippen LogP contribution in [-0.2, 0) is 4.79 Å². The molecule has 158 valence electrons. The SMILES string of the molecule is COc1ccc(OC)c([C@@H]2C(C#N)=C(C)NC3=C2C(=O)C[C@H](c2ccc(Cl)cc2)C3)c1. The number of carbonyl (C=O) groups excluding carboxylic acids is 1. The van der Waals surface area contributed by atoms with Crippen molar-refractivity contribution < 1.29 is 14.3 Å². The molecule has 0 unspecified atom stereocenters. The number of methoxy groups -OCH3 is 2. The molecule has 0 amide bonds. The van der Waals surface area contributed by atoms with Gasteiger partial charge in [-0.25, -0.2) is 0 Å². The first-order chi connectivity index (χ1) is 15.0. The number of ether oxygens (including phenoxy) is 2. The molecule has 0 saturated heterocycles. The monoisotopic (exact) mass is 434 g/mol. The second kappa shape index (κ2) is 8.49. The average molecular weight is 435 g/mol. The molecule has 31 heavy (non-hydrogen) atoms. The number of carbonyl (C=O) groups is 1. The molecule has 0 spiro atoms. The summed E-state index contributed by atoms with van der Waals surface area (Å²) < 4.78 is 11.0. The molecule has 0 bridgehead atoms. The van der Waals surface area contributed by atoms with E-state index in [4.69, 9.17) is 21.1 Å². The van der Waals surface area contributed by atoms with Gasteiger partial charge in [0, 0.05) is 34.0 Å². The van der Waals surface area contributed by atoms with E-state index < -0.39 is 5.92 Å². The lowest BCUT2D eigenvalue weighted by molar-refractivity contribution is -0.116. The summed E-state index contributed by atoms with van der Waals surface area (Å²) in [5.74, 6) is 0.857. The van der Waals surface area contributed by atoms with Crippen molar-refractivity contribution in [2.75, 3.05) is 14.2 Å². The third-order valence-corrected chi connectivity index (χ3v) is 6.29. The zero-order valence-corrected chi connectivity index (χ0v) is 18.4. The molecule has 1 N–H and O–H groups in total. The maximum atomic E-state index is 13.5. The summed E-state index contributed by atoms with van der Waals surface area (Å²) in [5.41, 5.74) is 4.60. The summed E-state index contributed by atoms with van der Waals surface area (Å²) >= 11 is 6.03. The van der Waals surface area contributed by atoms with Crippen molar-refractivity contribution in [3.63, 3.8) is 0 Å². The fourth-order valence-corrected chi connectivity index (χ4v) is 4.66. The highest BCUT2D eigenvalue weighted by molar-refractivity contribution is 6.30.